The van der Waals surface area contributed by atoms with E-state index in [4.69, 9.17) is 4.98 Å². The average molecular weight is 456 g/mol. The molecule has 33 heavy (non-hydrogen) atoms. The second kappa shape index (κ2) is 10.1. The van der Waals surface area contributed by atoms with Gasteiger partial charge in [-0.25, -0.2) is 4.98 Å². The van der Waals surface area contributed by atoms with Gasteiger partial charge >= 0.3 is 0 Å². The van der Waals surface area contributed by atoms with Gasteiger partial charge in [-0.3, -0.25) is 9.36 Å². The van der Waals surface area contributed by atoms with Crippen LogP contribution in [0.3, 0.4) is 0 Å². The molecule has 1 amide bonds. The summed E-state index contributed by atoms with van der Waals surface area (Å²) in [6, 6.07) is 31.0. The molecule has 0 aliphatic carbocycles. The molecule has 0 saturated carbocycles. The zero-order chi connectivity index (χ0) is 23.3. The Hall–Kier alpha value is -3.31. The molecule has 5 heteroatoms. The normalized spacial score (nSPS) is 11.4. The van der Waals surface area contributed by atoms with Crippen molar-refractivity contribution in [3.05, 3.63) is 91.0 Å². The van der Waals surface area contributed by atoms with Crippen LogP contribution in [0, 0.1) is 5.41 Å². The van der Waals surface area contributed by atoms with Gasteiger partial charge in [-0.1, -0.05) is 111 Å². The maximum absolute atomic E-state index is 12.3. The number of nitrogens with one attached hydrogen (secondary N) is 1. The molecule has 0 radical (unpaired) electrons. The smallest absolute Gasteiger partial charge is 0.225 e. The van der Waals surface area contributed by atoms with Gasteiger partial charge in [-0.2, -0.15) is 0 Å². The summed E-state index contributed by atoms with van der Waals surface area (Å²) in [5, 5.41) is 3.95. The molecule has 4 nitrogen and oxygen atoms in total. The number of thioether (sulfide) groups is 1. The van der Waals surface area contributed by atoms with Crippen molar-refractivity contribution in [2.45, 2.75) is 25.9 Å². The predicted octanol–water partition coefficient (Wildman–Crippen LogP) is 6.46. The molecule has 0 aliphatic rings. The minimum absolute atomic E-state index is 0.0597. The number of carbonyl (C=O) groups is 1. The summed E-state index contributed by atoms with van der Waals surface area (Å²) in [6.07, 6.45) is 0. The summed E-state index contributed by atoms with van der Waals surface area (Å²) < 4.78 is 2.23. The summed E-state index contributed by atoms with van der Waals surface area (Å²) in [5.41, 5.74) is 4.87. The van der Waals surface area contributed by atoms with Crippen LogP contribution < -0.4 is 5.32 Å². The Morgan fingerprint density at radius 1 is 0.848 bits per heavy atom. The number of imidazole rings is 1. The number of para-hydroxylation sites is 1. The molecule has 1 aromatic heterocycles. The lowest BCUT2D eigenvalue weighted by Gasteiger charge is -2.17. The van der Waals surface area contributed by atoms with Crippen LogP contribution in [0.1, 0.15) is 20.8 Å². The van der Waals surface area contributed by atoms with Gasteiger partial charge in [-0.15, -0.1) is 0 Å². The van der Waals surface area contributed by atoms with Crippen molar-refractivity contribution in [1.29, 1.82) is 0 Å². The second-order valence-electron chi connectivity index (χ2n) is 8.85. The topological polar surface area (TPSA) is 46.9 Å². The van der Waals surface area contributed by atoms with Crippen molar-refractivity contribution < 1.29 is 4.79 Å². The first kappa shape index (κ1) is 22.9. The van der Waals surface area contributed by atoms with Crippen molar-refractivity contribution in [3.8, 4) is 28.2 Å². The maximum atomic E-state index is 12.3. The van der Waals surface area contributed by atoms with Gasteiger partial charge in [0, 0.05) is 34.5 Å². The van der Waals surface area contributed by atoms with E-state index in [0.717, 1.165) is 39.1 Å². The standard InChI is InChI=1S/C28H29N3OS/c1-28(2,3)26(32)29-19-20-33-27-30-24(21-13-7-4-8-14-21)25(22-15-9-5-10-16-22)31(27)23-17-11-6-12-18-23/h4-18H,19-20H2,1-3H3,(H,29,32). The number of hydrogen-bond acceptors (Lipinski definition) is 3. The van der Waals surface area contributed by atoms with Crippen LogP contribution in [0.5, 0.6) is 0 Å². The number of amides is 1. The lowest BCUT2D eigenvalue weighted by molar-refractivity contribution is -0.128. The van der Waals surface area contributed by atoms with Crippen LogP contribution in [-0.2, 0) is 4.79 Å². The second-order valence-corrected chi connectivity index (χ2v) is 9.91. The van der Waals surface area contributed by atoms with E-state index in [0.29, 0.717) is 6.54 Å². The monoisotopic (exact) mass is 455 g/mol. The van der Waals surface area contributed by atoms with Crippen LogP contribution in [0.25, 0.3) is 28.2 Å². The van der Waals surface area contributed by atoms with Crippen LogP contribution in [-0.4, -0.2) is 27.8 Å². The van der Waals surface area contributed by atoms with Crippen molar-refractivity contribution >= 4 is 17.7 Å². The van der Waals surface area contributed by atoms with Crippen LogP contribution in [0.2, 0.25) is 0 Å². The lowest BCUT2D eigenvalue weighted by atomic mass is 9.96. The fourth-order valence-electron chi connectivity index (χ4n) is 3.54. The van der Waals surface area contributed by atoms with E-state index in [2.05, 4.69) is 58.4 Å². The summed E-state index contributed by atoms with van der Waals surface area (Å²) in [7, 11) is 0. The summed E-state index contributed by atoms with van der Waals surface area (Å²) in [6.45, 7) is 6.37. The maximum Gasteiger partial charge on any atom is 0.225 e. The fourth-order valence-corrected chi connectivity index (χ4v) is 4.41. The summed E-state index contributed by atoms with van der Waals surface area (Å²) in [5.74, 6) is 0.790. The number of nitrogens with zero attached hydrogens (tertiary/aromatic N) is 2. The van der Waals surface area contributed by atoms with Crippen molar-refractivity contribution in [2.75, 3.05) is 12.3 Å². The van der Waals surface area contributed by atoms with Crippen molar-refractivity contribution in [3.63, 3.8) is 0 Å². The molecule has 0 unspecified atom stereocenters. The molecule has 168 valence electrons. The SMILES string of the molecule is CC(C)(C)C(=O)NCCSc1nc(-c2ccccc2)c(-c2ccccc2)n1-c1ccccc1. The van der Waals surface area contributed by atoms with Gasteiger partial charge in [-0.05, 0) is 12.1 Å². The number of rotatable bonds is 7. The first-order chi connectivity index (χ1) is 15.9. The molecule has 0 fully saturated rings. The first-order valence-electron chi connectivity index (χ1n) is 11.2. The third-order valence-corrected chi connectivity index (χ3v) is 6.20. The molecule has 0 bridgehead atoms. The van der Waals surface area contributed by atoms with E-state index in [1.165, 1.54) is 0 Å². The quantitative estimate of drug-likeness (QED) is 0.257. The number of aromatic nitrogens is 2. The fraction of sp³-hybridized carbons (Fsp3) is 0.214. The average Bonchev–Trinajstić information content (AvgIpc) is 3.22. The van der Waals surface area contributed by atoms with Gasteiger partial charge in [0.15, 0.2) is 5.16 Å². The highest BCUT2D eigenvalue weighted by atomic mass is 32.2. The third kappa shape index (κ3) is 5.37. The molecule has 0 aliphatic heterocycles. The largest absolute Gasteiger partial charge is 0.355 e. The zero-order valence-corrected chi connectivity index (χ0v) is 20.1. The third-order valence-electron chi connectivity index (χ3n) is 5.26. The van der Waals surface area contributed by atoms with E-state index in [-0.39, 0.29) is 5.91 Å². The molecule has 1 N–H and O–H groups in total. The molecule has 1 heterocycles. The van der Waals surface area contributed by atoms with Crippen molar-refractivity contribution in [1.82, 2.24) is 14.9 Å². The number of carbonyl (C=O) groups excluding carboxylic acids is 1. The van der Waals surface area contributed by atoms with Crippen molar-refractivity contribution in [2.24, 2.45) is 5.41 Å². The first-order valence-corrected chi connectivity index (χ1v) is 12.1. The zero-order valence-electron chi connectivity index (χ0n) is 19.3. The Labute approximate surface area is 200 Å². The number of hydrogen-bond donors (Lipinski definition) is 1. The van der Waals surface area contributed by atoms with Crippen LogP contribution in [0.4, 0.5) is 0 Å². The minimum atomic E-state index is -0.395. The Kier molecular flexibility index (Phi) is 6.99. The van der Waals surface area contributed by atoms with E-state index in [1.807, 2.05) is 63.2 Å². The van der Waals surface area contributed by atoms with E-state index in [1.54, 1.807) is 11.8 Å². The number of benzene rings is 3. The van der Waals surface area contributed by atoms with Gasteiger partial charge < -0.3 is 5.32 Å². The van der Waals surface area contributed by atoms with Gasteiger partial charge in [0.1, 0.15) is 0 Å². The molecule has 3 aromatic carbocycles. The molecule has 4 rings (SSSR count). The predicted molar refractivity (Wildman–Crippen MR) is 138 cm³/mol. The Bertz CT molecular complexity index is 1200. The van der Waals surface area contributed by atoms with Gasteiger partial charge in [0.05, 0.1) is 11.4 Å². The molecule has 0 spiro atoms. The molecular weight excluding hydrogens is 426 g/mol. The minimum Gasteiger partial charge on any atom is -0.355 e. The van der Waals surface area contributed by atoms with Gasteiger partial charge in [0.2, 0.25) is 5.91 Å². The Morgan fingerprint density at radius 2 is 1.39 bits per heavy atom. The lowest BCUT2D eigenvalue weighted by Crippen LogP contribution is -2.36. The van der Waals surface area contributed by atoms with E-state index >= 15 is 0 Å². The van der Waals surface area contributed by atoms with E-state index in [9.17, 15) is 4.79 Å². The highest BCUT2D eigenvalue weighted by molar-refractivity contribution is 7.99. The molecule has 4 aromatic rings. The summed E-state index contributed by atoms with van der Waals surface area (Å²) >= 11 is 1.66. The van der Waals surface area contributed by atoms with E-state index < -0.39 is 5.41 Å². The Morgan fingerprint density at radius 3 is 1.97 bits per heavy atom. The van der Waals surface area contributed by atoms with Gasteiger partial charge in [0.25, 0.3) is 0 Å². The van der Waals surface area contributed by atoms with Crippen LogP contribution >= 0.6 is 11.8 Å². The highest BCUT2D eigenvalue weighted by Crippen LogP contribution is 2.38. The molecule has 0 atom stereocenters. The molecular formula is C28H29N3OS. The highest BCUT2D eigenvalue weighted by Gasteiger charge is 2.23. The summed E-state index contributed by atoms with van der Waals surface area (Å²) in [4.78, 5) is 17.4. The Balaban J connectivity index is 1.76. The van der Waals surface area contributed by atoms with Crippen LogP contribution in [0.15, 0.2) is 96.2 Å². The molecule has 0 saturated heterocycles.